The number of carbonyl (C=O) groups is 2. The molecule has 5 rings (SSSR count). The maximum absolute atomic E-state index is 12.3. The molecule has 3 heteroatoms. The summed E-state index contributed by atoms with van der Waals surface area (Å²) in [6, 6.07) is 0. The van der Waals surface area contributed by atoms with Crippen LogP contribution >= 0.6 is 0 Å². The average Bonchev–Trinajstić information content (AvgIpc) is 3.21. The van der Waals surface area contributed by atoms with Gasteiger partial charge in [0.25, 0.3) is 0 Å². The molecule has 4 fully saturated rings. The van der Waals surface area contributed by atoms with Crippen molar-refractivity contribution in [2.75, 3.05) is 0 Å². The number of ketones is 1. The van der Waals surface area contributed by atoms with E-state index in [0.29, 0.717) is 30.0 Å². The summed E-state index contributed by atoms with van der Waals surface area (Å²) in [6.07, 6.45) is 15.0. The van der Waals surface area contributed by atoms with Gasteiger partial charge >= 0.3 is 5.97 Å². The number of hydrogen-bond donors (Lipinski definition) is 0. The Balaban J connectivity index is 1.53. The van der Waals surface area contributed by atoms with E-state index < -0.39 is 0 Å². The molecule has 160 valence electrons. The molecule has 29 heavy (non-hydrogen) atoms. The lowest BCUT2D eigenvalue weighted by atomic mass is 9.43. The van der Waals surface area contributed by atoms with Crippen LogP contribution in [0.2, 0.25) is 0 Å². The number of hydrogen-bond acceptors (Lipinski definition) is 3. The Morgan fingerprint density at radius 3 is 2.55 bits per heavy atom. The highest BCUT2D eigenvalue weighted by Crippen LogP contribution is 2.71. The number of esters is 1. The first-order valence-corrected chi connectivity index (χ1v) is 12.3. The molecule has 7 atom stereocenters. The number of rotatable bonds is 3. The molecule has 0 bridgehead atoms. The van der Waals surface area contributed by atoms with E-state index in [4.69, 9.17) is 4.74 Å². The van der Waals surface area contributed by atoms with Crippen molar-refractivity contribution in [3.63, 3.8) is 0 Å². The van der Waals surface area contributed by atoms with Gasteiger partial charge in [-0.1, -0.05) is 39.2 Å². The van der Waals surface area contributed by atoms with Gasteiger partial charge in [0.1, 0.15) is 5.60 Å². The molecular formula is C26H38O3. The van der Waals surface area contributed by atoms with Crippen molar-refractivity contribution < 1.29 is 14.3 Å². The molecule has 1 heterocycles. The van der Waals surface area contributed by atoms with Gasteiger partial charge in [-0.3, -0.25) is 9.59 Å². The van der Waals surface area contributed by atoms with E-state index in [2.05, 4.69) is 20.8 Å². The zero-order valence-electron chi connectivity index (χ0n) is 18.6. The molecule has 0 aromatic rings. The van der Waals surface area contributed by atoms with E-state index in [1.807, 2.05) is 6.08 Å². The lowest BCUT2D eigenvalue weighted by Gasteiger charge is -2.61. The highest BCUT2D eigenvalue weighted by Gasteiger charge is 2.68. The Kier molecular flexibility index (Phi) is 4.57. The van der Waals surface area contributed by atoms with E-state index >= 15 is 0 Å². The normalized spacial score (nSPS) is 48.7. The first kappa shape index (κ1) is 19.8. The van der Waals surface area contributed by atoms with Gasteiger partial charge in [0.15, 0.2) is 5.78 Å². The standard InChI is InChI=1S/C26H38O3/c1-4-5-6-17-15-18-16-19(27)7-11-24(18,2)20-8-12-25(3)21(23(17)20)9-13-26(25)14-10-22(28)29-26/h16-17,20-21,23H,4-15H2,1-3H3/t17-,20?,21?,23?,24?,25?,26-/m1/s1. The topological polar surface area (TPSA) is 43.4 Å². The zero-order chi connectivity index (χ0) is 20.4. The molecule has 1 spiro atoms. The van der Waals surface area contributed by atoms with Gasteiger partial charge in [-0.25, -0.2) is 0 Å². The fraction of sp³-hybridized carbons (Fsp3) is 0.846. The Morgan fingerprint density at radius 2 is 1.83 bits per heavy atom. The molecular weight excluding hydrogens is 360 g/mol. The van der Waals surface area contributed by atoms with Crippen molar-refractivity contribution in [2.24, 2.45) is 34.5 Å². The summed E-state index contributed by atoms with van der Waals surface area (Å²) in [4.78, 5) is 24.4. The summed E-state index contributed by atoms with van der Waals surface area (Å²) < 4.78 is 6.13. The van der Waals surface area contributed by atoms with Crippen LogP contribution in [-0.2, 0) is 14.3 Å². The second-order valence-electron chi connectivity index (χ2n) is 11.4. The third kappa shape index (κ3) is 2.67. The first-order valence-electron chi connectivity index (χ1n) is 12.3. The van der Waals surface area contributed by atoms with Gasteiger partial charge in [-0.2, -0.15) is 0 Å². The first-order chi connectivity index (χ1) is 13.8. The highest BCUT2D eigenvalue weighted by atomic mass is 16.6. The third-order valence-electron chi connectivity index (χ3n) is 10.4. The van der Waals surface area contributed by atoms with Gasteiger partial charge in [0.2, 0.25) is 0 Å². The van der Waals surface area contributed by atoms with Crippen LogP contribution in [0.4, 0.5) is 0 Å². The Bertz CT molecular complexity index is 753. The molecule has 0 aromatic carbocycles. The van der Waals surface area contributed by atoms with Crippen molar-refractivity contribution in [3.05, 3.63) is 11.6 Å². The molecule has 1 saturated heterocycles. The van der Waals surface area contributed by atoms with Crippen LogP contribution in [0.3, 0.4) is 0 Å². The fourth-order valence-electron chi connectivity index (χ4n) is 8.76. The average molecular weight is 399 g/mol. The Labute approximate surface area is 176 Å². The van der Waals surface area contributed by atoms with Crippen molar-refractivity contribution >= 4 is 11.8 Å². The Morgan fingerprint density at radius 1 is 1.03 bits per heavy atom. The van der Waals surface area contributed by atoms with Crippen molar-refractivity contribution in [1.29, 1.82) is 0 Å². The van der Waals surface area contributed by atoms with E-state index in [0.717, 1.165) is 38.0 Å². The maximum atomic E-state index is 12.3. The van der Waals surface area contributed by atoms with Gasteiger partial charge in [0.05, 0.1) is 0 Å². The van der Waals surface area contributed by atoms with Gasteiger partial charge in [-0.15, -0.1) is 0 Å². The van der Waals surface area contributed by atoms with Crippen LogP contribution in [0.1, 0.15) is 97.8 Å². The molecule has 5 aliphatic rings. The van der Waals surface area contributed by atoms with Crippen molar-refractivity contribution in [1.82, 2.24) is 0 Å². The molecule has 0 N–H and O–H groups in total. The summed E-state index contributed by atoms with van der Waals surface area (Å²) in [5.74, 6) is 3.18. The van der Waals surface area contributed by atoms with Crippen LogP contribution in [0.25, 0.3) is 0 Å². The highest BCUT2D eigenvalue weighted by molar-refractivity contribution is 5.91. The molecule has 0 aromatic heterocycles. The predicted octanol–water partition coefficient (Wildman–Crippen LogP) is 6.01. The van der Waals surface area contributed by atoms with E-state index in [9.17, 15) is 9.59 Å². The molecule has 5 unspecified atom stereocenters. The fourth-order valence-corrected chi connectivity index (χ4v) is 8.76. The van der Waals surface area contributed by atoms with Crippen LogP contribution in [0, 0.1) is 34.5 Å². The quantitative estimate of drug-likeness (QED) is 0.547. The van der Waals surface area contributed by atoms with Gasteiger partial charge < -0.3 is 4.74 Å². The van der Waals surface area contributed by atoms with Gasteiger partial charge in [-0.05, 0) is 86.5 Å². The molecule has 0 amide bonds. The molecule has 3 nitrogen and oxygen atoms in total. The Hall–Kier alpha value is -1.12. The van der Waals surface area contributed by atoms with Gasteiger partial charge in [0, 0.05) is 18.3 Å². The monoisotopic (exact) mass is 398 g/mol. The van der Waals surface area contributed by atoms with Crippen LogP contribution in [0.15, 0.2) is 11.6 Å². The summed E-state index contributed by atoms with van der Waals surface area (Å²) in [7, 11) is 0. The minimum Gasteiger partial charge on any atom is -0.458 e. The van der Waals surface area contributed by atoms with Crippen molar-refractivity contribution in [3.8, 4) is 0 Å². The molecule has 0 radical (unpaired) electrons. The minimum atomic E-state index is -0.186. The third-order valence-corrected chi connectivity index (χ3v) is 10.4. The molecule has 4 aliphatic carbocycles. The second kappa shape index (κ2) is 6.69. The number of ether oxygens (including phenoxy) is 1. The van der Waals surface area contributed by atoms with Crippen LogP contribution < -0.4 is 0 Å². The lowest BCUT2D eigenvalue weighted by Crippen LogP contribution is -2.57. The van der Waals surface area contributed by atoms with Crippen LogP contribution in [0.5, 0.6) is 0 Å². The number of carbonyl (C=O) groups excluding carboxylic acids is 2. The predicted molar refractivity (Wildman–Crippen MR) is 113 cm³/mol. The van der Waals surface area contributed by atoms with E-state index in [-0.39, 0.29) is 22.4 Å². The van der Waals surface area contributed by atoms with E-state index in [1.54, 1.807) is 0 Å². The van der Waals surface area contributed by atoms with Crippen molar-refractivity contribution in [2.45, 2.75) is 103 Å². The summed E-state index contributed by atoms with van der Waals surface area (Å²) in [5.41, 5.74) is 1.64. The summed E-state index contributed by atoms with van der Waals surface area (Å²) in [6.45, 7) is 7.23. The number of allylic oxidation sites excluding steroid dienone is 1. The maximum Gasteiger partial charge on any atom is 0.306 e. The van der Waals surface area contributed by atoms with Crippen LogP contribution in [-0.4, -0.2) is 17.4 Å². The second-order valence-corrected chi connectivity index (χ2v) is 11.4. The number of fused-ring (bicyclic) bond motifs is 6. The number of unbranched alkanes of at least 4 members (excludes halogenated alkanes) is 1. The smallest absolute Gasteiger partial charge is 0.306 e. The lowest BCUT2D eigenvalue weighted by molar-refractivity contribution is -0.171. The largest absolute Gasteiger partial charge is 0.458 e. The minimum absolute atomic E-state index is 0.0307. The zero-order valence-corrected chi connectivity index (χ0v) is 18.6. The molecule has 3 saturated carbocycles. The van der Waals surface area contributed by atoms with E-state index in [1.165, 1.54) is 44.1 Å². The molecule has 1 aliphatic heterocycles. The SMILES string of the molecule is CCCC[C@@H]1CC2=CC(=O)CCC2(C)C2CCC3(C)C(CC[C@@]34CCC(=O)O4)C21. The summed E-state index contributed by atoms with van der Waals surface area (Å²) >= 11 is 0. The summed E-state index contributed by atoms with van der Waals surface area (Å²) in [5, 5.41) is 0.